The van der Waals surface area contributed by atoms with Crippen molar-refractivity contribution in [1.82, 2.24) is 10.2 Å². The van der Waals surface area contributed by atoms with Crippen molar-refractivity contribution in [3.63, 3.8) is 0 Å². The van der Waals surface area contributed by atoms with E-state index in [0.717, 1.165) is 30.5 Å². The highest BCUT2D eigenvalue weighted by Crippen LogP contribution is 2.20. The van der Waals surface area contributed by atoms with E-state index >= 15 is 0 Å². The summed E-state index contributed by atoms with van der Waals surface area (Å²) in [5.41, 5.74) is 8.19. The van der Waals surface area contributed by atoms with Crippen LogP contribution in [0.4, 0.5) is 0 Å². The van der Waals surface area contributed by atoms with Gasteiger partial charge in [-0.25, -0.2) is 0 Å². The summed E-state index contributed by atoms with van der Waals surface area (Å²) in [4.78, 5) is 26.6. The molecule has 1 aliphatic rings. The summed E-state index contributed by atoms with van der Waals surface area (Å²) in [7, 11) is 0. The number of nitrogens with zero attached hydrogens (tertiary/aromatic N) is 1. The molecule has 0 spiro atoms. The third-order valence-corrected chi connectivity index (χ3v) is 5.47. The van der Waals surface area contributed by atoms with Crippen LogP contribution in [0.15, 0.2) is 54.6 Å². The maximum Gasteiger partial charge on any atom is 0.302 e. The molecule has 1 saturated heterocycles. The van der Waals surface area contributed by atoms with Crippen molar-refractivity contribution in [2.24, 2.45) is 5.73 Å². The first-order chi connectivity index (χ1) is 14.9. The van der Waals surface area contributed by atoms with Crippen LogP contribution < -0.4 is 11.1 Å². The van der Waals surface area contributed by atoms with Crippen LogP contribution in [0, 0.1) is 5.41 Å². The normalized spacial score (nSPS) is 17.1. The molecular formula is C24H30N4O3. The maximum atomic E-state index is 12.9. The fourth-order valence-electron chi connectivity index (χ4n) is 3.97. The molecule has 164 valence electrons. The molecule has 7 heteroatoms. The summed E-state index contributed by atoms with van der Waals surface area (Å²) in [6.07, 6.45) is 2.04. The summed E-state index contributed by atoms with van der Waals surface area (Å²) in [5.74, 6) is -0.306. The molecule has 1 amide bonds. The lowest BCUT2D eigenvalue weighted by Crippen LogP contribution is -2.46. The fourth-order valence-corrected chi connectivity index (χ4v) is 3.97. The number of benzene rings is 2. The molecule has 7 nitrogen and oxygen atoms in total. The first kappa shape index (κ1) is 22.5. The van der Waals surface area contributed by atoms with Gasteiger partial charge in [-0.2, -0.15) is 0 Å². The zero-order chi connectivity index (χ0) is 22.2. The van der Waals surface area contributed by atoms with Gasteiger partial charge >= 0.3 is 5.97 Å². The largest absolute Gasteiger partial charge is 0.461 e. The highest BCUT2D eigenvalue weighted by molar-refractivity contribution is 5.94. The third-order valence-electron chi connectivity index (χ3n) is 5.47. The number of ether oxygens (including phenoxy) is 1. The molecular weight excluding hydrogens is 392 g/mol. The lowest BCUT2D eigenvalue weighted by atomic mass is 10.1. The van der Waals surface area contributed by atoms with E-state index in [0.29, 0.717) is 25.1 Å². The zero-order valence-corrected chi connectivity index (χ0v) is 17.8. The molecule has 31 heavy (non-hydrogen) atoms. The average molecular weight is 423 g/mol. The quantitative estimate of drug-likeness (QED) is 0.326. The van der Waals surface area contributed by atoms with Crippen molar-refractivity contribution < 1.29 is 14.3 Å². The molecule has 1 aliphatic heterocycles. The smallest absolute Gasteiger partial charge is 0.302 e. The van der Waals surface area contributed by atoms with Gasteiger partial charge in [0.2, 0.25) is 5.91 Å². The summed E-state index contributed by atoms with van der Waals surface area (Å²) in [6.45, 7) is 3.17. The van der Waals surface area contributed by atoms with Gasteiger partial charge in [-0.3, -0.25) is 19.9 Å². The van der Waals surface area contributed by atoms with Crippen molar-refractivity contribution in [2.75, 3.05) is 13.1 Å². The van der Waals surface area contributed by atoms with Crippen molar-refractivity contribution in [3.8, 4) is 0 Å². The van der Waals surface area contributed by atoms with Gasteiger partial charge in [0.05, 0.1) is 6.04 Å². The Morgan fingerprint density at radius 1 is 1.16 bits per heavy atom. The van der Waals surface area contributed by atoms with E-state index in [4.69, 9.17) is 15.9 Å². The van der Waals surface area contributed by atoms with Gasteiger partial charge in [0.1, 0.15) is 11.9 Å². The van der Waals surface area contributed by atoms with Crippen LogP contribution >= 0.6 is 0 Å². The summed E-state index contributed by atoms with van der Waals surface area (Å²) >= 11 is 0. The molecule has 4 N–H and O–H groups in total. The van der Waals surface area contributed by atoms with Gasteiger partial charge in [-0.05, 0) is 30.5 Å². The maximum absolute atomic E-state index is 12.9. The number of hydrogen-bond donors (Lipinski definition) is 3. The number of nitrogens with two attached hydrogens (primary N) is 1. The topological polar surface area (TPSA) is 109 Å². The standard InChI is InChI=1S/C24H30N4O3/c1-17(29)31-21(14-18-6-3-2-4-7-18)16-28-13-5-8-22(28)24(30)27-15-19-9-11-20(12-10-19)23(25)26/h2-4,6-7,9-12,21-22H,5,8,13-16H2,1H3,(H3,25,26)(H,27,30)/t21?,22-/m0/s1. The van der Waals surface area contributed by atoms with E-state index in [9.17, 15) is 9.59 Å². The number of carbonyl (C=O) groups excluding carboxylic acids is 2. The summed E-state index contributed by atoms with van der Waals surface area (Å²) < 4.78 is 5.56. The van der Waals surface area contributed by atoms with Crippen LogP contribution in [-0.4, -0.2) is 47.8 Å². The molecule has 1 unspecified atom stereocenters. The van der Waals surface area contributed by atoms with Gasteiger partial charge in [0.15, 0.2) is 0 Å². The lowest BCUT2D eigenvalue weighted by molar-refractivity contribution is -0.147. The van der Waals surface area contributed by atoms with Crippen LogP contribution in [0.1, 0.15) is 36.5 Å². The summed E-state index contributed by atoms with van der Waals surface area (Å²) in [6, 6.07) is 17.0. The second-order valence-electron chi connectivity index (χ2n) is 7.90. The van der Waals surface area contributed by atoms with Crippen LogP contribution in [0.25, 0.3) is 0 Å². The highest BCUT2D eigenvalue weighted by Gasteiger charge is 2.32. The number of nitrogen functional groups attached to an aromatic ring is 1. The molecule has 0 bridgehead atoms. The molecule has 3 rings (SSSR count). The van der Waals surface area contributed by atoms with E-state index < -0.39 is 0 Å². The van der Waals surface area contributed by atoms with Crippen LogP contribution in [0.5, 0.6) is 0 Å². The first-order valence-electron chi connectivity index (χ1n) is 10.6. The van der Waals surface area contributed by atoms with Crippen molar-refractivity contribution >= 4 is 17.7 Å². The Bertz CT molecular complexity index is 899. The second kappa shape index (κ2) is 10.7. The van der Waals surface area contributed by atoms with Gasteiger partial charge in [0, 0.05) is 32.0 Å². The predicted molar refractivity (Wildman–Crippen MR) is 120 cm³/mol. The van der Waals surface area contributed by atoms with E-state index in [-0.39, 0.29) is 29.9 Å². The minimum Gasteiger partial charge on any atom is -0.461 e. The number of amides is 1. The Labute approximate surface area is 183 Å². The number of likely N-dealkylation sites (tertiary alicyclic amines) is 1. The third kappa shape index (κ3) is 6.65. The van der Waals surface area contributed by atoms with E-state index in [1.54, 1.807) is 12.1 Å². The number of esters is 1. The van der Waals surface area contributed by atoms with E-state index in [2.05, 4.69) is 10.2 Å². The Kier molecular flexibility index (Phi) is 7.78. The Morgan fingerprint density at radius 3 is 2.52 bits per heavy atom. The molecule has 1 fully saturated rings. The van der Waals surface area contributed by atoms with Gasteiger partial charge < -0.3 is 15.8 Å². The number of nitrogens with one attached hydrogen (secondary N) is 2. The van der Waals surface area contributed by atoms with E-state index in [1.807, 2.05) is 42.5 Å². The molecule has 0 aromatic heterocycles. The van der Waals surface area contributed by atoms with E-state index in [1.165, 1.54) is 6.92 Å². The molecule has 2 aromatic rings. The Morgan fingerprint density at radius 2 is 1.87 bits per heavy atom. The zero-order valence-electron chi connectivity index (χ0n) is 17.8. The monoisotopic (exact) mass is 422 g/mol. The highest BCUT2D eigenvalue weighted by atomic mass is 16.5. The van der Waals surface area contributed by atoms with Gasteiger partial charge in [-0.15, -0.1) is 0 Å². The second-order valence-corrected chi connectivity index (χ2v) is 7.90. The van der Waals surface area contributed by atoms with Crippen molar-refractivity contribution in [3.05, 3.63) is 71.3 Å². The van der Waals surface area contributed by atoms with Crippen LogP contribution in [0.3, 0.4) is 0 Å². The molecule has 1 heterocycles. The lowest BCUT2D eigenvalue weighted by Gasteiger charge is -2.28. The number of hydrogen-bond acceptors (Lipinski definition) is 5. The number of carbonyl (C=O) groups is 2. The minimum absolute atomic E-state index is 0.0190. The van der Waals surface area contributed by atoms with Crippen LogP contribution in [0.2, 0.25) is 0 Å². The number of rotatable bonds is 9. The average Bonchev–Trinajstić information content (AvgIpc) is 3.20. The Hall–Kier alpha value is -3.19. The molecule has 2 atom stereocenters. The Balaban J connectivity index is 1.58. The van der Waals surface area contributed by atoms with Gasteiger partial charge in [-0.1, -0.05) is 54.6 Å². The predicted octanol–water partition coefficient (Wildman–Crippen LogP) is 2.23. The van der Waals surface area contributed by atoms with Crippen molar-refractivity contribution in [1.29, 1.82) is 5.41 Å². The first-order valence-corrected chi connectivity index (χ1v) is 10.6. The summed E-state index contributed by atoms with van der Waals surface area (Å²) in [5, 5.41) is 10.5. The molecule has 0 aliphatic carbocycles. The van der Waals surface area contributed by atoms with Gasteiger partial charge in [0.25, 0.3) is 0 Å². The molecule has 2 aromatic carbocycles. The van der Waals surface area contributed by atoms with Crippen LogP contribution in [-0.2, 0) is 27.3 Å². The molecule has 0 radical (unpaired) electrons. The SMILES string of the molecule is CC(=O)OC(Cc1ccccc1)CN1CCC[C@H]1C(=O)NCc1ccc(C(=N)N)cc1. The fraction of sp³-hybridized carbons (Fsp3) is 0.375. The molecule has 0 saturated carbocycles. The van der Waals surface area contributed by atoms with Crippen molar-refractivity contribution in [2.45, 2.75) is 44.9 Å². The number of amidine groups is 1. The minimum atomic E-state index is -0.310.